The van der Waals surface area contributed by atoms with Crippen molar-refractivity contribution in [3.63, 3.8) is 0 Å². The minimum absolute atomic E-state index is 0.0252. The van der Waals surface area contributed by atoms with Gasteiger partial charge in [0.15, 0.2) is 0 Å². The fourth-order valence-electron chi connectivity index (χ4n) is 2.98. The van der Waals surface area contributed by atoms with Crippen LogP contribution < -0.4 is 5.32 Å². The number of hydrogen-bond acceptors (Lipinski definition) is 3. The van der Waals surface area contributed by atoms with E-state index in [-0.39, 0.29) is 23.9 Å². The molecular weight excluding hydrogens is 216 g/mol. The van der Waals surface area contributed by atoms with Gasteiger partial charge in [-0.3, -0.25) is 14.5 Å². The molecule has 1 aliphatic carbocycles. The molecule has 1 heterocycles. The normalized spacial score (nSPS) is 34.1. The van der Waals surface area contributed by atoms with E-state index in [9.17, 15) is 9.59 Å². The molecule has 3 unspecified atom stereocenters. The zero-order valence-electron chi connectivity index (χ0n) is 10.9. The molecule has 0 aromatic rings. The van der Waals surface area contributed by atoms with Gasteiger partial charge in [0.25, 0.3) is 0 Å². The van der Waals surface area contributed by atoms with Gasteiger partial charge in [-0.05, 0) is 32.6 Å². The van der Waals surface area contributed by atoms with Crippen LogP contribution in [-0.4, -0.2) is 34.8 Å². The van der Waals surface area contributed by atoms with Crippen molar-refractivity contribution in [2.75, 3.05) is 0 Å². The van der Waals surface area contributed by atoms with Gasteiger partial charge in [-0.15, -0.1) is 0 Å². The number of amides is 2. The number of rotatable bonds is 3. The molecule has 3 atom stereocenters. The second-order valence-corrected chi connectivity index (χ2v) is 5.63. The Morgan fingerprint density at radius 2 is 2.00 bits per heavy atom. The van der Waals surface area contributed by atoms with Crippen LogP contribution in [0.4, 0.5) is 0 Å². The highest BCUT2D eigenvalue weighted by atomic mass is 16.2. The van der Waals surface area contributed by atoms with Gasteiger partial charge in [0.1, 0.15) is 0 Å². The first-order chi connectivity index (χ1) is 8.00. The maximum Gasteiger partial charge on any atom is 0.247 e. The lowest BCUT2D eigenvalue weighted by molar-refractivity contribution is -0.140. The Morgan fingerprint density at radius 3 is 2.47 bits per heavy atom. The summed E-state index contributed by atoms with van der Waals surface area (Å²) in [5, 5.41) is 3.38. The molecule has 4 nitrogen and oxygen atoms in total. The van der Waals surface area contributed by atoms with E-state index in [1.165, 1.54) is 17.7 Å². The largest absolute Gasteiger partial charge is 0.302 e. The second-order valence-electron chi connectivity index (χ2n) is 5.63. The van der Waals surface area contributed by atoms with E-state index in [0.717, 1.165) is 6.42 Å². The van der Waals surface area contributed by atoms with Gasteiger partial charge in [0.2, 0.25) is 11.8 Å². The summed E-state index contributed by atoms with van der Waals surface area (Å²) in [5.41, 5.74) is 0. The van der Waals surface area contributed by atoms with Crippen molar-refractivity contribution in [3.8, 4) is 0 Å². The molecule has 2 fully saturated rings. The van der Waals surface area contributed by atoms with Crippen molar-refractivity contribution in [2.24, 2.45) is 5.92 Å². The van der Waals surface area contributed by atoms with Crippen LogP contribution in [0.3, 0.4) is 0 Å². The average Bonchev–Trinajstić information content (AvgIpc) is 2.73. The van der Waals surface area contributed by atoms with Crippen LogP contribution in [-0.2, 0) is 9.59 Å². The molecule has 0 aromatic heterocycles. The van der Waals surface area contributed by atoms with Gasteiger partial charge in [0, 0.05) is 12.1 Å². The topological polar surface area (TPSA) is 49.4 Å². The lowest BCUT2D eigenvalue weighted by atomic mass is 10.0. The lowest BCUT2D eigenvalue weighted by Crippen LogP contribution is -2.46. The van der Waals surface area contributed by atoms with Gasteiger partial charge < -0.3 is 5.32 Å². The van der Waals surface area contributed by atoms with Crippen molar-refractivity contribution >= 4 is 11.8 Å². The molecule has 2 aliphatic rings. The van der Waals surface area contributed by atoms with E-state index in [1.54, 1.807) is 0 Å². The van der Waals surface area contributed by atoms with Gasteiger partial charge in [-0.25, -0.2) is 0 Å². The van der Waals surface area contributed by atoms with Crippen LogP contribution in [0.5, 0.6) is 0 Å². The van der Waals surface area contributed by atoms with E-state index in [4.69, 9.17) is 0 Å². The summed E-state index contributed by atoms with van der Waals surface area (Å²) in [7, 11) is 0. The fraction of sp³-hybridized carbons (Fsp3) is 0.846. The van der Waals surface area contributed by atoms with Crippen molar-refractivity contribution in [1.82, 2.24) is 10.2 Å². The Labute approximate surface area is 103 Å². The third-order valence-corrected chi connectivity index (χ3v) is 3.98. The minimum atomic E-state index is -0.282. The smallest absolute Gasteiger partial charge is 0.247 e. The molecule has 2 amide bonds. The van der Waals surface area contributed by atoms with E-state index in [1.807, 2.05) is 13.8 Å². The molecule has 4 heteroatoms. The Balaban J connectivity index is 1.99. The number of nitrogens with zero attached hydrogens (tertiary/aromatic N) is 1. The summed E-state index contributed by atoms with van der Waals surface area (Å²) in [6, 6.07) is 0.0992. The maximum atomic E-state index is 12.1. The number of imide groups is 1. The predicted molar refractivity (Wildman–Crippen MR) is 65.3 cm³/mol. The first kappa shape index (κ1) is 12.6. The molecule has 1 N–H and O–H groups in total. The Kier molecular flexibility index (Phi) is 3.52. The van der Waals surface area contributed by atoms with Gasteiger partial charge in [0.05, 0.1) is 12.5 Å². The summed E-state index contributed by atoms with van der Waals surface area (Å²) >= 11 is 0. The van der Waals surface area contributed by atoms with Crippen LogP contribution >= 0.6 is 0 Å². The molecule has 1 aliphatic heterocycles. The molecule has 17 heavy (non-hydrogen) atoms. The highest BCUT2D eigenvalue weighted by Gasteiger charge is 2.41. The van der Waals surface area contributed by atoms with Crippen LogP contribution in [0.25, 0.3) is 0 Å². The van der Waals surface area contributed by atoms with Crippen LogP contribution in [0, 0.1) is 5.92 Å². The van der Waals surface area contributed by atoms with Gasteiger partial charge >= 0.3 is 0 Å². The third kappa shape index (κ3) is 2.37. The van der Waals surface area contributed by atoms with E-state index >= 15 is 0 Å². The number of likely N-dealkylation sites (tertiary alicyclic amines) is 1. The molecule has 2 rings (SSSR count). The summed E-state index contributed by atoms with van der Waals surface area (Å²) in [5.74, 6) is 0.545. The molecule has 0 spiro atoms. The lowest BCUT2D eigenvalue weighted by Gasteiger charge is -2.22. The maximum absolute atomic E-state index is 12.1. The monoisotopic (exact) mass is 238 g/mol. The average molecular weight is 238 g/mol. The molecule has 1 saturated carbocycles. The van der Waals surface area contributed by atoms with Crippen molar-refractivity contribution < 1.29 is 9.59 Å². The number of carbonyl (C=O) groups excluding carboxylic acids is 2. The van der Waals surface area contributed by atoms with Gasteiger partial charge in [-0.1, -0.05) is 13.3 Å². The van der Waals surface area contributed by atoms with E-state index in [0.29, 0.717) is 18.4 Å². The highest BCUT2D eigenvalue weighted by molar-refractivity contribution is 6.05. The summed E-state index contributed by atoms with van der Waals surface area (Å²) in [4.78, 5) is 25.3. The molecule has 96 valence electrons. The van der Waals surface area contributed by atoms with Crippen LogP contribution in [0.2, 0.25) is 0 Å². The standard InChI is InChI=1S/C13H22N2O2/c1-8(2)15-12(16)7-11(13(15)17)14-10-6-4-5-9(10)3/h8-11,14H,4-7H2,1-3H3. The number of nitrogens with one attached hydrogen (secondary N) is 1. The SMILES string of the molecule is CC1CCCC1NC1CC(=O)N(C(C)C)C1=O. The third-order valence-electron chi connectivity index (χ3n) is 3.98. The molecular formula is C13H22N2O2. The van der Waals surface area contributed by atoms with Crippen molar-refractivity contribution in [1.29, 1.82) is 0 Å². The van der Waals surface area contributed by atoms with Crippen molar-refractivity contribution in [2.45, 2.75) is 64.6 Å². The highest BCUT2D eigenvalue weighted by Crippen LogP contribution is 2.27. The zero-order chi connectivity index (χ0) is 12.6. The summed E-state index contributed by atoms with van der Waals surface area (Å²) < 4.78 is 0. The first-order valence-electron chi connectivity index (χ1n) is 6.62. The molecule has 0 radical (unpaired) electrons. The first-order valence-corrected chi connectivity index (χ1v) is 6.62. The van der Waals surface area contributed by atoms with E-state index in [2.05, 4.69) is 12.2 Å². The molecule has 1 saturated heterocycles. The quantitative estimate of drug-likeness (QED) is 0.754. The number of carbonyl (C=O) groups is 2. The van der Waals surface area contributed by atoms with E-state index < -0.39 is 0 Å². The number of hydrogen-bond donors (Lipinski definition) is 1. The Hall–Kier alpha value is -0.900. The minimum Gasteiger partial charge on any atom is -0.302 e. The van der Waals surface area contributed by atoms with Crippen molar-refractivity contribution in [3.05, 3.63) is 0 Å². The Bertz CT molecular complexity index is 327. The fourth-order valence-corrected chi connectivity index (χ4v) is 2.98. The zero-order valence-corrected chi connectivity index (χ0v) is 10.9. The molecule has 0 aromatic carbocycles. The Morgan fingerprint density at radius 1 is 1.29 bits per heavy atom. The summed E-state index contributed by atoms with van der Waals surface area (Å²) in [6.45, 7) is 5.98. The predicted octanol–water partition coefficient (Wildman–Crippen LogP) is 1.30. The molecule has 0 bridgehead atoms. The second kappa shape index (κ2) is 4.77. The van der Waals surface area contributed by atoms with Crippen LogP contribution in [0.15, 0.2) is 0 Å². The van der Waals surface area contributed by atoms with Gasteiger partial charge in [-0.2, -0.15) is 0 Å². The van der Waals surface area contributed by atoms with Crippen LogP contribution in [0.1, 0.15) is 46.5 Å². The summed E-state index contributed by atoms with van der Waals surface area (Å²) in [6.07, 6.45) is 3.91.